The highest BCUT2D eigenvalue weighted by molar-refractivity contribution is 5.88. The van der Waals surface area contributed by atoms with Crippen molar-refractivity contribution in [3.05, 3.63) is 40.3 Å². The highest BCUT2D eigenvalue weighted by Crippen LogP contribution is 2.25. The molecule has 0 aliphatic rings. The van der Waals surface area contributed by atoms with Crippen LogP contribution in [0.4, 0.5) is 5.82 Å². The Hall–Kier alpha value is -3.30. The van der Waals surface area contributed by atoms with Gasteiger partial charge in [0.05, 0.1) is 18.8 Å². The van der Waals surface area contributed by atoms with E-state index in [1.807, 2.05) is 4.57 Å². The molecule has 0 atom stereocenters. The summed E-state index contributed by atoms with van der Waals surface area (Å²) in [6, 6.07) is 0. The summed E-state index contributed by atoms with van der Waals surface area (Å²) in [5.41, 5.74) is 1.30. The van der Waals surface area contributed by atoms with Gasteiger partial charge < -0.3 is 14.7 Å². The number of imidazole rings is 1. The van der Waals surface area contributed by atoms with E-state index in [4.69, 9.17) is 5.41 Å². The number of aryl methyl sites for hydroxylation is 2. The third-order valence-corrected chi connectivity index (χ3v) is 7.13. The van der Waals surface area contributed by atoms with Crippen LogP contribution >= 0.6 is 0 Å². The van der Waals surface area contributed by atoms with E-state index in [0.29, 0.717) is 34.6 Å². The van der Waals surface area contributed by atoms with E-state index in [1.165, 1.54) is 87.8 Å². The lowest BCUT2D eigenvalue weighted by atomic mass is 10.1. The molecule has 0 radical (unpaired) electrons. The molecule has 38 heavy (non-hydrogen) atoms. The van der Waals surface area contributed by atoms with Gasteiger partial charge in [-0.05, 0) is 37.0 Å². The van der Waals surface area contributed by atoms with E-state index in [2.05, 4.69) is 34.1 Å². The summed E-state index contributed by atoms with van der Waals surface area (Å²) in [5, 5.41) is 25.1. The molecule has 3 heterocycles. The van der Waals surface area contributed by atoms with Gasteiger partial charge in [-0.15, -0.1) is 0 Å². The number of fused-ring (bicyclic) bond motifs is 1. The average Bonchev–Trinajstić information content (AvgIpc) is 3.44. The molecule has 0 saturated heterocycles. The molecule has 0 bridgehead atoms. The Morgan fingerprint density at radius 1 is 0.921 bits per heavy atom. The molecule has 0 spiro atoms. The Morgan fingerprint density at radius 2 is 1.53 bits per heavy atom. The van der Waals surface area contributed by atoms with Crippen molar-refractivity contribution in [3.8, 4) is 11.5 Å². The third-order valence-electron chi connectivity index (χ3n) is 7.13. The quantitative estimate of drug-likeness (QED) is 0.0870. The summed E-state index contributed by atoms with van der Waals surface area (Å²) in [7, 11) is 3.34. The highest BCUT2D eigenvalue weighted by Gasteiger charge is 2.24. The predicted molar refractivity (Wildman–Crippen MR) is 151 cm³/mol. The minimum Gasteiger partial charge on any atom is -0.358 e. The maximum Gasteiger partial charge on any atom is 0.342 e. The van der Waals surface area contributed by atoms with E-state index >= 15 is 0 Å². The van der Waals surface area contributed by atoms with Gasteiger partial charge in [-0.1, -0.05) is 76.9 Å². The highest BCUT2D eigenvalue weighted by atomic mass is 16.6. The summed E-state index contributed by atoms with van der Waals surface area (Å²) < 4.78 is 4.82. The zero-order valence-electron chi connectivity index (χ0n) is 23.4. The van der Waals surface area contributed by atoms with Crippen LogP contribution in [0.25, 0.3) is 22.6 Å². The second kappa shape index (κ2) is 15.2. The van der Waals surface area contributed by atoms with Crippen LogP contribution in [0.15, 0.2) is 24.7 Å². The van der Waals surface area contributed by atoms with Gasteiger partial charge in [-0.25, -0.2) is 19.2 Å². The second-order valence-corrected chi connectivity index (χ2v) is 10.2. The number of hydrogen-bond acceptors (Lipinski definition) is 6. The van der Waals surface area contributed by atoms with Crippen molar-refractivity contribution < 1.29 is 4.92 Å². The molecule has 10 heteroatoms. The third kappa shape index (κ3) is 7.85. The molecule has 10 nitrogen and oxygen atoms in total. The minimum atomic E-state index is -0.477. The zero-order valence-corrected chi connectivity index (χ0v) is 23.4. The maximum atomic E-state index is 11.2. The van der Waals surface area contributed by atoms with E-state index in [9.17, 15) is 10.1 Å². The van der Waals surface area contributed by atoms with Gasteiger partial charge in [0.1, 0.15) is 11.7 Å². The number of nitrogens with one attached hydrogen (secondary N) is 1. The molecule has 1 N–H and O–H groups in total. The van der Waals surface area contributed by atoms with Gasteiger partial charge in [0.2, 0.25) is 5.82 Å². The fraction of sp³-hybridized carbons (Fsp3) is 0.643. The fourth-order valence-electron chi connectivity index (χ4n) is 4.85. The normalized spacial score (nSPS) is 11.8. The van der Waals surface area contributed by atoms with Crippen LogP contribution in [-0.2, 0) is 20.6 Å². The first kappa shape index (κ1) is 29.3. The molecular formula is C28H44N8O2. The summed E-state index contributed by atoms with van der Waals surface area (Å²) in [6.07, 6.45) is 25.3. The SMILES string of the molecule is CCCCCCCC/C=C/CCCCCCCCn1cnc2c(c(-c3ncc([N+](=O)[O-])n3C)nn2C)c1=N. The van der Waals surface area contributed by atoms with Gasteiger partial charge >= 0.3 is 5.82 Å². The number of hydrogen-bond donors (Lipinski definition) is 1. The first-order valence-electron chi connectivity index (χ1n) is 14.2. The molecule has 0 aliphatic heterocycles. The lowest BCUT2D eigenvalue weighted by Crippen LogP contribution is -2.21. The maximum absolute atomic E-state index is 11.2. The van der Waals surface area contributed by atoms with Crippen LogP contribution in [0.3, 0.4) is 0 Å². The molecule has 3 rings (SSSR count). The van der Waals surface area contributed by atoms with Crippen molar-refractivity contribution >= 4 is 16.9 Å². The minimum absolute atomic E-state index is 0.119. The summed E-state index contributed by atoms with van der Waals surface area (Å²) in [6.45, 7) is 2.97. The average molecular weight is 525 g/mol. The second-order valence-electron chi connectivity index (χ2n) is 10.2. The van der Waals surface area contributed by atoms with Crippen LogP contribution in [0.5, 0.6) is 0 Å². The molecule has 208 valence electrons. The van der Waals surface area contributed by atoms with Gasteiger partial charge in [-0.3, -0.25) is 5.41 Å². The van der Waals surface area contributed by atoms with E-state index in [-0.39, 0.29) is 5.82 Å². The summed E-state index contributed by atoms with van der Waals surface area (Å²) >= 11 is 0. The zero-order chi connectivity index (χ0) is 27.3. The molecule has 0 unspecified atom stereocenters. The molecule has 0 fully saturated rings. The van der Waals surface area contributed by atoms with Crippen molar-refractivity contribution in [3.63, 3.8) is 0 Å². The van der Waals surface area contributed by atoms with Gasteiger partial charge in [0, 0.05) is 13.6 Å². The monoisotopic (exact) mass is 524 g/mol. The van der Waals surface area contributed by atoms with Crippen molar-refractivity contribution in [2.45, 2.75) is 103 Å². The van der Waals surface area contributed by atoms with E-state index in [1.54, 1.807) is 25.1 Å². The predicted octanol–water partition coefficient (Wildman–Crippen LogP) is 6.60. The molecule has 3 aromatic heterocycles. The number of allylic oxidation sites excluding steroid dienone is 2. The Balaban J connectivity index is 1.40. The lowest BCUT2D eigenvalue weighted by molar-refractivity contribution is -0.391. The number of rotatable bonds is 18. The largest absolute Gasteiger partial charge is 0.358 e. The van der Waals surface area contributed by atoms with Crippen LogP contribution in [0.2, 0.25) is 0 Å². The molecule has 0 amide bonds. The van der Waals surface area contributed by atoms with Crippen LogP contribution in [0, 0.1) is 15.5 Å². The topological polar surface area (TPSA) is 120 Å². The number of nitrogens with zero attached hydrogens (tertiary/aromatic N) is 7. The van der Waals surface area contributed by atoms with Crippen LogP contribution < -0.4 is 5.49 Å². The molecule has 0 aromatic carbocycles. The Morgan fingerprint density at radius 3 is 2.13 bits per heavy atom. The molecule has 0 aliphatic carbocycles. The van der Waals surface area contributed by atoms with Crippen molar-refractivity contribution in [2.75, 3.05) is 0 Å². The summed E-state index contributed by atoms with van der Waals surface area (Å²) in [5.74, 6) is 0.235. The van der Waals surface area contributed by atoms with Gasteiger partial charge in [0.25, 0.3) is 0 Å². The number of unbranched alkanes of at least 4 members (excludes halogenated alkanes) is 12. The van der Waals surface area contributed by atoms with Gasteiger partial charge in [-0.2, -0.15) is 5.10 Å². The molecular weight excluding hydrogens is 480 g/mol. The number of aromatic nitrogens is 6. The standard InChI is InChI=1S/C28H44N8O2/c1-4-5-6-7-8-9-10-11-12-13-14-15-16-17-18-19-20-35-22-31-27-24(26(35)29)25(32-34(27)3)28-30-21-23(33(28)2)36(37)38/h11-12,21-22,29H,4-10,13-20H2,1-3H3/b12-11+,29-26?. The van der Waals surface area contributed by atoms with Gasteiger partial charge in [0.15, 0.2) is 11.3 Å². The molecule has 3 aromatic rings. The fourth-order valence-corrected chi connectivity index (χ4v) is 4.85. The van der Waals surface area contributed by atoms with Crippen LogP contribution in [0.1, 0.15) is 96.8 Å². The van der Waals surface area contributed by atoms with E-state index < -0.39 is 4.92 Å². The van der Waals surface area contributed by atoms with Crippen molar-refractivity contribution in [1.29, 1.82) is 5.41 Å². The van der Waals surface area contributed by atoms with E-state index in [0.717, 1.165) is 12.8 Å². The van der Waals surface area contributed by atoms with Crippen LogP contribution in [-0.4, -0.2) is 33.8 Å². The first-order valence-corrected chi connectivity index (χ1v) is 14.2. The molecule has 0 saturated carbocycles. The number of nitro groups is 1. The Labute approximate surface area is 225 Å². The first-order chi connectivity index (χ1) is 18.5. The smallest absolute Gasteiger partial charge is 0.342 e. The Kier molecular flexibility index (Phi) is 11.7. The summed E-state index contributed by atoms with van der Waals surface area (Å²) in [4.78, 5) is 19.5. The lowest BCUT2D eigenvalue weighted by Gasteiger charge is -2.07. The Bertz CT molecular complexity index is 1250. The van der Waals surface area contributed by atoms with Crippen molar-refractivity contribution in [2.24, 2.45) is 14.1 Å². The van der Waals surface area contributed by atoms with Crippen molar-refractivity contribution in [1.82, 2.24) is 28.9 Å².